The van der Waals surface area contributed by atoms with E-state index in [0.29, 0.717) is 22.2 Å². The van der Waals surface area contributed by atoms with Gasteiger partial charge >= 0.3 is 0 Å². The third kappa shape index (κ3) is 3.17. The number of anilines is 1. The molecule has 3 aromatic carbocycles. The molecule has 0 aliphatic carbocycles. The number of ether oxygens (including phenoxy) is 2. The molecule has 0 saturated carbocycles. The van der Waals surface area contributed by atoms with E-state index < -0.39 is 29.8 Å². The van der Waals surface area contributed by atoms with Crippen LogP contribution in [0.2, 0.25) is 10.0 Å². The van der Waals surface area contributed by atoms with Gasteiger partial charge in [0.15, 0.2) is 17.3 Å². The van der Waals surface area contributed by atoms with Crippen molar-refractivity contribution in [2.45, 2.75) is 12.1 Å². The molecule has 4 aliphatic heterocycles. The molecule has 3 aromatic rings. The Morgan fingerprint density at radius 2 is 1.68 bits per heavy atom. The number of Topliss-reactive ketones (excluding diaryl/α,β-unsaturated/α-hetero) is 1. The number of carbonyl (C=O) groups is 3. The smallest absolute Gasteiger partial charge is 0.240 e. The largest absolute Gasteiger partial charge is 0.454 e. The number of halogens is 2. The fraction of sp³-hybridized carbons (Fsp3) is 0.179. The molecular formula is C28H18Cl2N2O5. The molecule has 0 N–H and O–H groups in total. The van der Waals surface area contributed by atoms with Crippen molar-refractivity contribution in [3.63, 3.8) is 0 Å². The SMILES string of the molecule is O=C(c1ccc(Cl)cc1Cl)[C@@H]1[C@@H]2C(=O)N(c3ccc4c(c3)OCO4)C(=O)[C@@H]2[C@H]2c3ccccc3C=CN12. The maximum absolute atomic E-state index is 14.0. The van der Waals surface area contributed by atoms with Gasteiger partial charge in [-0.1, -0.05) is 47.5 Å². The van der Waals surface area contributed by atoms with E-state index in [1.165, 1.54) is 11.0 Å². The molecule has 2 saturated heterocycles. The van der Waals surface area contributed by atoms with E-state index in [1.807, 2.05) is 41.4 Å². The van der Waals surface area contributed by atoms with Gasteiger partial charge in [0.25, 0.3) is 0 Å². The quantitative estimate of drug-likeness (QED) is 0.344. The average molecular weight is 533 g/mol. The zero-order valence-electron chi connectivity index (χ0n) is 19.1. The van der Waals surface area contributed by atoms with E-state index in [-0.39, 0.29) is 29.1 Å². The Morgan fingerprint density at radius 3 is 2.51 bits per heavy atom. The van der Waals surface area contributed by atoms with Gasteiger partial charge in [-0.2, -0.15) is 0 Å². The number of hydrogen-bond acceptors (Lipinski definition) is 6. The Morgan fingerprint density at radius 1 is 0.892 bits per heavy atom. The molecule has 2 amide bonds. The van der Waals surface area contributed by atoms with E-state index in [0.717, 1.165) is 11.1 Å². The summed E-state index contributed by atoms with van der Waals surface area (Å²) >= 11 is 12.5. The lowest BCUT2D eigenvalue weighted by Gasteiger charge is -2.35. The number of rotatable bonds is 3. The number of imide groups is 1. The predicted molar refractivity (Wildman–Crippen MR) is 137 cm³/mol. The summed E-state index contributed by atoms with van der Waals surface area (Å²) < 4.78 is 10.8. The van der Waals surface area contributed by atoms with Gasteiger partial charge in [0.2, 0.25) is 18.6 Å². The minimum atomic E-state index is -0.922. The second kappa shape index (κ2) is 8.10. The van der Waals surface area contributed by atoms with Crippen molar-refractivity contribution in [1.82, 2.24) is 4.90 Å². The first-order chi connectivity index (χ1) is 17.9. The number of ketones is 1. The minimum Gasteiger partial charge on any atom is -0.454 e. The van der Waals surface area contributed by atoms with Crippen LogP contribution in [-0.4, -0.2) is 35.3 Å². The summed E-state index contributed by atoms with van der Waals surface area (Å²) in [5.74, 6) is -1.78. The zero-order valence-corrected chi connectivity index (χ0v) is 20.6. The molecule has 0 spiro atoms. The number of benzene rings is 3. The Kier molecular flexibility index (Phi) is 4.90. The first-order valence-corrected chi connectivity index (χ1v) is 12.5. The summed E-state index contributed by atoms with van der Waals surface area (Å²) in [6, 6.07) is 15.9. The van der Waals surface area contributed by atoms with Crippen molar-refractivity contribution < 1.29 is 23.9 Å². The average Bonchev–Trinajstić information content (AvgIpc) is 3.56. The maximum atomic E-state index is 14.0. The van der Waals surface area contributed by atoms with Crippen molar-refractivity contribution in [3.05, 3.63) is 93.6 Å². The normalized spacial score (nSPS) is 24.8. The Bertz CT molecular complexity index is 1550. The fourth-order valence-electron chi connectivity index (χ4n) is 5.98. The Labute approximate surface area is 221 Å². The van der Waals surface area contributed by atoms with Gasteiger partial charge in [-0.3, -0.25) is 14.4 Å². The van der Waals surface area contributed by atoms with Crippen molar-refractivity contribution in [1.29, 1.82) is 0 Å². The van der Waals surface area contributed by atoms with E-state index in [4.69, 9.17) is 32.7 Å². The van der Waals surface area contributed by atoms with Crippen LogP contribution in [-0.2, 0) is 9.59 Å². The topological polar surface area (TPSA) is 76.1 Å². The van der Waals surface area contributed by atoms with Crippen molar-refractivity contribution in [3.8, 4) is 11.5 Å². The van der Waals surface area contributed by atoms with Crippen molar-refractivity contribution >= 4 is 52.6 Å². The molecule has 4 atom stereocenters. The lowest BCUT2D eigenvalue weighted by Crippen LogP contribution is -2.44. The van der Waals surface area contributed by atoms with Crippen LogP contribution in [0.5, 0.6) is 11.5 Å². The lowest BCUT2D eigenvalue weighted by molar-refractivity contribution is -0.123. The number of amides is 2. The van der Waals surface area contributed by atoms with Gasteiger partial charge in [0.05, 0.1) is 28.6 Å². The molecule has 2 fully saturated rings. The monoisotopic (exact) mass is 532 g/mol. The molecule has 0 aromatic heterocycles. The van der Waals surface area contributed by atoms with E-state index in [1.54, 1.807) is 30.3 Å². The second-order valence-electron chi connectivity index (χ2n) is 9.37. The molecule has 9 heteroatoms. The highest BCUT2D eigenvalue weighted by Crippen LogP contribution is 2.54. The second-order valence-corrected chi connectivity index (χ2v) is 10.2. The highest BCUT2D eigenvalue weighted by Gasteiger charge is 2.64. The van der Waals surface area contributed by atoms with E-state index in [9.17, 15) is 14.4 Å². The maximum Gasteiger partial charge on any atom is 0.240 e. The third-order valence-electron chi connectivity index (χ3n) is 7.54. The van der Waals surface area contributed by atoms with Gasteiger partial charge in [0, 0.05) is 22.9 Å². The summed E-state index contributed by atoms with van der Waals surface area (Å²) in [4.78, 5) is 45.1. The molecule has 184 valence electrons. The van der Waals surface area contributed by atoms with E-state index in [2.05, 4.69) is 0 Å². The van der Waals surface area contributed by atoms with Crippen LogP contribution in [0.3, 0.4) is 0 Å². The number of hydrogen-bond donors (Lipinski definition) is 0. The van der Waals surface area contributed by atoms with Crippen LogP contribution >= 0.6 is 23.2 Å². The van der Waals surface area contributed by atoms with Crippen molar-refractivity contribution in [2.75, 3.05) is 11.7 Å². The van der Waals surface area contributed by atoms with Gasteiger partial charge in [0.1, 0.15) is 6.04 Å². The van der Waals surface area contributed by atoms with Crippen LogP contribution in [0.4, 0.5) is 5.69 Å². The summed E-state index contributed by atoms with van der Waals surface area (Å²) in [6.07, 6.45) is 3.71. The van der Waals surface area contributed by atoms with Gasteiger partial charge in [-0.05, 0) is 47.5 Å². The summed E-state index contributed by atoms with van der Waals surface area (Å²) in [6.45, 7) is 0.0739. The third-order valence-corrected chi connectivity index (χ3v) is 8.09. The number of fused-ring (bicyclic) bond motifs is 6. The van der Waals surface area contributed by atoms with Crippen LogP contribution in [0.15, 0.2) is 66.9 Å². The fourth-order valence-corrected chi connectivity index (χ4v) is 6.49. The summed E-state index contributed by atoms with van der Waals surface area (Å²) in [5, 5.41) is 0.597. The minimum absolute atomic E-state index is 0.0739. The lowest BCUT2D eigenvalue weighted by atomic mass is 9.83. The Balaban J connectivity index is 1.37. The van der Waals surface area contributed by atoms with Crippen LogP contribution in [0.25, 0.3) is 6.08 Å². The van der Waals surface area contributed by atoms with Crippen LogP contribution in [0, 0.1) is 11.8 Å². The molecule has 37 heavy (non-hydrogen) atoms. The molecule has 4 aliphatic rings. The zero-order chi connectivity index (χ0) is 25.4. The number of nitrogens with zero attached hydrogens (tertiary/aromatic N) is 2. The molecule has 0 radical (unpaired) electrons. The van der Waals surface area contributed by atoms with Crippen LogP contribution in [0.1, 0.15) is 27.5 Å². The molecule has 0 unspecified atom stereocenters. The first-order valence-electron chi connectivity index (χ1n) is 11.8. The van der Waals surface area contributed by atoms with Crippen LogP contribution < -0.4 is 14.4 Å². The first kappa shape index (κ1) is 22.4. The molecule has 4 heterocycles. The van der Waals surface area contributed by atoms with Gasteiger partial charge < -0.3 is 14.4 Å². The summed E-state index contributed by atoms with van der Waals surface area (Å²) in [7, 11) is 0. The van der Waals surface area contributed by atoms with Gasteiger partial charge in [-0.25, -0.2) is 4.90 Å². The molecule has 0 bridgehead atoms. The molecule has 7 nitrogen and oxygen atoms in total. The Hall–Kier alpha value is -3.81. The highest BCUT2D eigenvalue weighted by atomic mass is 35.5. The highest BCUT2D eigenvalue weighted by molar-refractivity contribution is 6.37. The predicted octanol–water partition coefficient (Wildman–Crippen LogP) is 5.12. The molecular weight excluding hydrogens is 515 g/mol. The molecule has 7 rings (SSSR count). The summed E-state index contributed by atoms with van der Waals surface area (Å²) in [5.41, 5.74) is 2.48. The van der Waals surface area contributed by atoms with Crippen molar-refractivity contribution in [2.24, 2.45) is 11.8 Å². The number of carbonyl (C=O) groups excluding carboxylic acids is 3. The standard InChI is InChI=1S/C28H18Cl2N2O5/c29-15-5-7-18(19(30)11-15)26(33)25-23-22(24-17-4-2-1-3-14(17)9-10-31(24)25)27(34)32(28(23)35)16-6-8-20-21(12-16)37-13-36-20/h1-12,22-25H,13H2/t22-,23+,24+,25-/m0/s1. The van der Waals surface area contributed by atoms with E-state index >= 15 is 0 Å². The van der Waals surface area contributed by atoms with Gasteiger partial charge in [-0.15, -0.1) is 0 Å².